The third-order valence-corrected chi connectivity index (χ3v) is 5.07. The summed E-state index contributed by atoms with van der Waals surface area (Å²) in [5.41, 5.74) is 0. The molecule has 1 atom stereocenters. The Morgan fingerprint density at radius 2 is 2.17 bits per heavy atom. The highest BCUT2D eigenvalue weighted by Gasteiger charge is 2.28. The van der Waals surface area contributed by atoms with Gasteiger partial charge in [0.25, 0.3) is 10.2 Å². The quantitative estimate of drug-likeness (QED) is 0.537. The topological polar surface area (TPSA) is 58.6 Å². The Bertz CT molecular complexity index is 324. The number of rotatable bonds is 8. The van der Waals surface area contributed by atoms with Gasteiger partial charge in [0.1, 0.15) is 0 Å². The van der Waals surface area contributed by atoms with Gasteiger partial charge >= 0.3 is 0 Å². The first kappa shape index (κ1) is 16.4. The van der Waals surface area contributed by atoms with Crippen LogP contribution in [0.1, 0.15) is 32.6 Å². The molecule has 0 aromatic carbocycles. The Morgan fingerprint density at radius 1 is 1.39 bits per heavy atom. The van der Waals surface area contributed by atoms with Gasteiger partial charge in [0.05, 0.1) is 6.61 Å². The summed E-state index contributed by atoms with van der Waals surface area (Å²) in [6.45, 7) is 4.29. The fourth-order valence-electron chi connectivity index (χ4n) is 2.04. The number of hydrogen-bond donors (Lipinski definition) is 1. The van der Waals surface area contributed by atoms with Crippen LogP contribution >= 0.6 is 15.9 Å². The van der Waals surface area contributed by atoms with Crippen molar-refractivity contribution in [2.75, 3.05) is 31.6 Å². The lowest BCUT2D eigenvalue weighted by atomic mass is 10.1. The molecule has 1 aliphatic rings. The molecule has 1 fully saturated rings. The SMILES string of the molecule is CC1CCCCN1S(=O)(=O)NCCCOCCBr. The van der Waals surface area contributed by atoms with E-state index < -0.39 is 10.2 Å². The van der Waals surface area contributed by atoms with Gasteiger partial charge in [-0.25, -0.2) is 4.72 Å². The van der Waals surface area contributed by atoms with E-state index in [1.54, 1.807) is 4.31 Å². The number of halogens is 1. The van der Waals surface area contributed by atoms with Crippen molar-refractivity contribution in [3.05, 3.63) is 0 Å². The summed E-state index contributed by atoms with van der Waals surface area (Å²) >= 11 is 3.27. The molecule has 1 unspecified atom stereocenters. The second-order valence-corrected chi connectivity index (χ2v) is 7.01. The number of piperidine rings is 1. The molecule has 5 nitrogen and oxygen atoms in total. The van der Waals surface area contributed by atoms with Crippen LogP contribution in [0.4, 0.5) is 0 Å². The minimum Gasteiger partial charge on any atom is -0.381 e. The lowest BCUT2D eigenvalue weighted by Crippen LogP contribution is -2.48. The summed E-state index contributed by atoms with van der Waals surface area (Å²) in [5.74, 6) is 0. The molecule has 18 heavy (non-hydrogen) atoms. The minimum absolute atomic E-state index is 0.112. The van der Waals surface area contributed by atoms with Gasteiger partial charge in [-0.1, -0.05) is 22.4 Å². The van der Waals surface area contributed by atoms with E-state index in [1.165, 1.54) is 0 Å². The van der Waals surface area contributed by atoms with Crippen molar-refractivity contribution in [2.24, 2.45) is 0 Å². The number of ether oxygens (including phenoxy) is 1. The van der Waals surface area contributed by atoms with Gasteiger partial charge in [0.2, 0.25) is 0 Å². The maximum absolute atomic E-state index is 12.1. The number of hydrogen-bond acceptors (Lipinski definition) is 3. The summed E-state index contributed by atoms with van der Waals surface area (Å²) in [6, 6.07) is 0.112. The Labute approximate surface area is 119 Å². The average Bonchev–Trinajstić information content (AvgIpc) is 2.34. The zero-order chi connectivity index (χ0) is 13.4. The maximum atomic E-state index is 12.1. The largest absolute Gasteiger partial charge is 0.381 e. The van der Waals surface area contributed by atoms with Crippen molar-refractivity contribution in [3.8, 4) is 0 Å². The molecule has 1 saturated heterocycles. The normalized spacial score (nSPS) is 22.2. The predicted molar refractivity (Wildman–Crippen MR) is 76.2 cm³/mol. The second kappa shape index (κ2) is 8.47. The first-order valence-corrected chi connectivity index (χ1v) is 9.04. The van der Waals surface area contributed by atoms with Gasteiger partial charge in [-0.05, 0) is 26.2 Å². The molecule has 0 aliphatic carbocycles. The Morgan fingerprint density at radius 3 is 2.83 bits per heavy atom. The predicted octanol–water partition coefficient (Wildman–Crippen LogP) is 1.50. The number of nitrogens with one attached hydrogen (secondary N) is 1. The molecule has 0 radical (unpaired) electrons. The highest BCUT2D eigenvalue weighted by atomic mass is 79.9. The molecule has 7 heteroatoms. The molecule has 0 amide bonds. The van der Waals surface area contributed by atoms with Crippen LogP contribution in [0.3, 0.4) is 0 Å². The highest BCUT2D eigenvalue weighted by molar-refractivity contribution is 9.09. The summed E-state index contributed by atoms with van der Waals surface area (Å²) in [6.07, 6.45) is 3.73. The average molecular weight is 343 g/mol. The molecule has 1 rings (SSSR count). The first-order chi connectivity index (χ1) is 8.58. The van der Waals surface area contributed by atoms with E-state index in [9.17, 15) is 8.42 Å². The van der Waals surface area contributed by atoms with Crippen molar-refractivity contribution in [3.63, 3.8) is 0 Å². The summed E-state index contributed by atoms with van der Waals surface area (Å²) in [4.78, 5) is 0. The Balaban J connectivity index is 2.26. The minimum atomic E-state index is -3.31. The molecular formula is C11H23BrN2O3S. The van der Waals surface area contributed by atoms with E-state index in [4.69, 9.17) is 4.74 Å². The lowest BCUT2D eigenvalue weighted by Gasteiger charge is -2.32. The first-order valence-electron chi connectivity index (χ1n) is 6.48. The molecule has 0 spiro atoms. The van der Waals surface area contributed by atoms with E-state index in [0.29, 0.717) is 32.7 Å². The van der Waals surface area contributed by atoms with Crippen molar-refractivity contribution < 1.29 is 13.2 Å². The Kier molecular flexibility index (Phi) is 7.70. The molecule has 1 aliphatic heterocycles. The van der Waals surface area contributed by atoms with Crippen molar-refractivity contribution in [1.29, 1.82) is 0 Å². The van der Waals surface area contributed by atoms with Crippen LogP contribution in [0.15, 0.2) is 0 Å². The lowest BCUT2D eigenvalue weighted by molar-refractivity contribution is 0.148. The monoisotopic (exact) mass is 342 g/mol. The van der Waals surface area contributed by atoms with E-state index in [0.717, 1.165) is 24.6 Å². The molecule has 0 aromatic heterocycles. The molecule has 1 heterocycles. The smallest absolute Gasteiger partial charge is 0.279 e. The molecular weight excluding hydrogens is 320 g/mol. The van der Waals surface area contributed by atoms with Gasteiger partial charge in [-0.2, -0.15) is 12.7 Å². The van der Waals surface area contributed by atoms with E-state index in [2.05, 4.69) is 20.7 Å². The van der Waals surface area contributed by atoms with E-state index in [-0.39, 0.29) is 6.04 Å². The second-order valence-electron chi connectivity index (χ2n) is 4.51. The number of alkyl halides is 1. The number of nitrogens with zero attached hydrogens (tertiary/aromatic N) is 1. The van der Waals surface area contributed by atoms with Gasteiger partial charge in [-0.15, -0.1) is 0 Å². The Hall–Kier alpha value is 0.310. The molecule has 0 aromatic rings. The third kappa shape index (κ3) is 5.52. The van der Waals surface area contributed by atoms with Crippen LogP contribution < -0.4 is 4.72 Å². The molecule has 108 valence electrons. The third-order valence-electron chi connectivity index (χ3n) is 3.02. The molecule has 0 bridgehead atoms. The fourth-order valence-corrected chi connectivity index (χ4v) is 3.79. The van der Waals surface area contributed by atoms with E-state index in [1.807, 2.05) is 6.92 Å². The maximum Gasteiger partial charge on any atom is 0.279 e. The van der Waals surface area contributed by atoms with Crippen LogP contribution in [0.5, 0.6) is 0 Å². The molecule has 0 saturated carbocycles. The zero-order valence-corrected chi connectivity index (χ0v) is 13.3. The highest BCUT2D eigenvalue weighted by Crippen LogP contribution is 2.18. The summed E-state index contributed by atoms with van der Waals surface area (Å²) < 4.78 is 33.6. The zero-order valence-electron chi connectivity index (χ0n) is 10.9. The fraction of sp³-hybridized carbons (Fsp3) is 1.00. The summed E-state index contributed by atoms with van der Waals surface area (Å²) in [5, 5.41) is 0.810. The van der Waals surface area contributed by atoms with Crippen LogP contribution in [-0.2, 0) is 14.9 Å². The van der Waals surface area contributed by atoms with Crippen LogP contribution in [0, 0.1) is 0 Å². The summed E-state index contributed by atoms with van der Waals surface area (Å²) in [7, 11) is -3.31. The van der Waals surface area contributed by atoms with Crippen LogP contribution in [-0.4, -0.2) is 50.4 Å². The van der Waals surface area contributed by atoms with E-state index >= 15 is 0 Å². The molecule has 1 N–H and O–H groups in total. The van der Waals surface area contributed by atoms with Gasteiger partial charge in [0.15, 0.2) is 0 Å². The van der Waals surface area contributed by atoms with Crippen molar-refractivity contribution in [2.45, 2.75) is 38.6 Å². The van der Waals surface area contributed by atoms with Crippen LogP contribution in [0.25, 0.3) is 0 Å². The van der Waals surface area contributed by atoms with Crippen molar-refractivity contribution in [1.82, 2.24) is 9.03 Å². The van der Waals surface area contributed by atoms with Crippen molar-refractivity contribution >= 4 is 26.1 Å². The van der Waals surface area contributed by atoms with Gasteiger partial charge in [0, 0.05) is 31.1 Å². The van der Waals surface area contributed by atoms with Gasteiger partial charge < -0.3 is 4.74 Å². The standard InChI is InChI=1S/C11H23BrN2O3S/c1-11-5-2-3-8-14(11)18(15,16)13-7-4-9-17-10-6-12/h11,13H,2-10H2,1H3. The van der Waals surface area contributed by atoms with Crippen LogP contribution in [0.2, 0.25) is 0 Å². The van der Waals surface area contributed by atoms with Gasteiger partial charge in [-0.3, -0.25) is 0 Å².